The summed E-state index contributed by atoms with van der Waals surface area (Å²) in [5.74, 6) is -1.11. The standard InChI is InChI=1S/C16H23NO3S/c1-11(2)17(10-15(18)19)16(20)14-9-12-7-5-3-4-6-8-13(12)21-14/h9,11H,3-8,10H2,1-2H3,(H,18,19). The molecule has 1 amide bonds. The van der Waals surface area contributed by atoms with Crippen molar-refractivity contribution in [3.05, 3.63) is 21.4 Å². The Bertz CT molecular complexity index is 496. The molecule has 0 aliphatic heterocycles. The van der Waals surface area contributed by atoms with Gasteiger partial charge in [0.05, 0.1) is 4.88 Å². The molecule has 0 aromatic carbocycles. The quantitative estimate of drug-likeness (QED) is 0.928. The van der Waals surface area contributed by atoms with E-state index < -0.39 is 5.97 Å². The van der Waals surface area contributed by atoms with Crippen LogP contribution in [-0.4, -0.2) is 34.5 Å². The second-order valence-electron chi connectivity index (χ2n) is 5.89. The Morgan fingerprint density at radius 3 is 2.52 bits per heavy atom. The number of carbonyl (C=O) groups excluding carboxylic acids is 1. The van der Waals surface area contributed by atoms with Crippen LogP contribution < -0.4 is 0 Å². The maximum Gasteiger partial charge on any atom is 0.323 e. The van der Waals surface area contributed by atoms with Crippen molar-refractivity contribution in [3.63, 3.8) is 0 Å². The van der Waals surface area contributed by atoms with Gasteiger partial charge in [0.25, 0.3) is 5.91 Å². The zero-order valence-corrected chi connectivity index (χ0v) is 13.5. The molecule has 0 atom stereocenters. The molecular formula is C16H23NO3S. The van der Waals surface area contributed by atoms with Crippen LogP contribution in [0.15, 0.2) is 6.07 Å². The SMILES string of the molecule is CC(C)N(CC(=O)O)C(=O)c1cc2c(s1)CCCCCC2. The Labute approximate surface area is 129 Å². The van der Waals surface area contributed by atoms with Gasteiger partial charge in [-0.1, -0.05) is 12.8 Å². The lowest BCUT2D eigenvalue weighted by Gasteiger charge is -2.24. The van der Waals surface area contributed by atoms with Gasteiger partial charge in [0, 0.05) is 10.9 Å². The van der Waals surface area contributed by atoms with Gasteiger partial charge in [0.1, 0.15) is 6.54 Å². The molecule has 0 saturated heterocycles. The van der Waals surface area contributed by atoms with Crippen LogP contribution in [0.5, 0.6) is 0 Å². The maximum atomic E-state index is 12.6. The topological polar surface area (TPSA) is 57.6 Å². The monoisotopic (exact) mass is 309 g/mol. The molecule has 0 unspecified atom stereocenters. The smallest absolute Gasteiger partial charge is 0.323 e. The van der Waals surface area contributed by atoms with E-state index >= 15 is 0 Å². The largest absolute Gasteiger partial charge is 0.480 e. The number of amides is 1. The Morgan fingerprint density at radius 2 is 1.90 bits per heavy atom. The third-order valence-corrected chi connectivity index (χ3v) is 5.12. The average Bonchev–Trinajstić information content (AvgIpc) is 2.77. The third kappa shape index (κ3) is 4.06. The predicted octanol–water partition coefficient (Wildman–Crippen LogP) is 3.34. The highest BCUT2D eigenvalue weighted by Gasteiger charge is 2.24. The van der Waals surface area contributed by atoms with Crippen LogP contribution >= 0.6 is 11.3 Å². The van der Waals surface area contributed by atoms with E-state index in [1.165, 1.54) is 41.0 Å². The molecule has 1 aromatic rings. The number of carbonyl (C=O) groups is 2. The molecule has 2 rings (SSSR count). The number of rotatable bonds is 4. The Balaban J connectivity index is 2.21. The molecule has 1 aliphatic carbocycles. The zero-order chi connectivity index (χ0) is 15.4. The van der Waals surface area contributed by atoms with Crippen molar-refractivity contribution >= 4 is 23.2 Å². The first kappa shape index (κ1) is 16.0. The van der Waals surface area contributed by atoms with Crippen molar-refractivity contribution < 1.29 is 14.7 Å². The molecule has 116 valence electrons. The summed E-state index contributed by atoms with van der Waals surface area (Å²) < 4.78 is 0. The minimum absolute atomic E-state index is 0.113. The summed E-state index contributed by atoms with van der Waals surface area (Å²) in [6, 6.07) is 1.88. The summed E-state index contributed by atoms with van der Waals surface area (Å²) in [5, 5.41) is 8.97. The fourth-order valence-electron chi connectivity index (χ4n) is 2.73. The van der Waals surface area contributed by atoms with Crippen molar-refractivity contribution in [2.24, 2.45) is 0 Å². The predicted molar refractivity (Wildman–Crippen MR) is 84.0 cm³/mol. The van der Waals surface area contributed by atoms with Crippen LogP contribution in [0, 0.1) is 0 Å². The lowest BCUT2D eigenvalue weighted by atomic mass is 10.00. The normalized spacial score (nSPS) is 15.2. The number of nitrogens with zero attached hydrogens (tertiary/aromatic N) is 1. The van der Waals surface area contributed by atoms with Crippen molar-refractivity contribution in [2.45, 2.75) is 58.4 Å². The average molecular weight is 309 g/mol. The number of thiophene rings is 1. The fraction of sp³-hybridized carbons (Fsp3) is 0.625. The molecule has 4 nitrogen and oxygen atoms in total. The van der Waals surface area contributed by atoms with Gasteiger partial charge in [-0.3, -0.25) is 9.59 Å². The van der Waals surface area contributed by atoms with Crippen LogP contribution in [-0.2, 0) is 17.6 Å². The summed E-state index contributed by atoms with van der Waals surface area (Å²) in [5.41, 5.74) is 1.29. The number of hydrogen-bond acceptors (Lipinski definition) is 3. The van der Waals surface area contributed by atoms with Crippen molar-refractivity contribution in [1.82, 2.24) is 4.90 Å². The second kappa shape index (κ2) is 7.07. The Kier molecular flexibility index (Phi) is 5.39. The first-order chi connectivity index (χ1) is 9.99. The Morgan fingerprint density at radius 1 is 1.24 bits per heavy atom. The van der Waals surface area contributed by atoms with Crippen LogP contribution in [0.3, 0.4) is 0 Å². The summed E-state index contributed by atoms with van der Waals surface area (Å²) in [7, 11) is 0. The van der Waals surface area contributed by atoms with E-state index in [0.717, 1.165) is 12.8 Å². The summed E-state index contributed by atoms with van der Waals surface area (Å²) in [4.78, 5) is 27.0. The van der Waals surface area contributed by atoms with Crippen LogP contribution in [0.1, 0.15) is 59.6 Å². The zero-order valence-electron chi connectivity index (χ0n) is 12.7. The number of aryl methyl sites for hydroxylation is 2. The second-order valence-corrected chi connectivity index (χ2v) is 7.03. The van der Waals surface area contributed by atoms with E-state index in [-0.39, 0.29) is 18.5 Å². The molecular weight excluding hydrogens is 286 g/mol. The van der Waals surface area contributed by atoms with E-state index in [0.29, 0.717) is 4.88 Å². The van der Waals surface area contributed by atoms with Crippen molar-refractivity contribution in [3.8, 4) is 0 Å². The van der Waals surface area contributed by atoms with Crippen LogP contribution in [0.2, 0.25) is 0 Å². The Hall–Kier alpha value is -1.36. The summed E-state index contributed by atoms with van der Waals surface area (Å²) >= 11 is 1.55. The molecule has 0 bridgehead atoms. The highest BCUT2D eigenvalue weighted by molar-refractivity contribution is 7.14. The molecule has 1 heterocycles. The number of aliphatic carboxylic acids is 1. The van der Waals surface area contributed by atoms with E-state index in [4.69, 9.17) is 5.11 Å². The number of hydrogen-bond donors (Lipinski definition) is 1. The van der Waals surface area contributed by atoms with Gasteiger partial charge in [-0.05, 0) is 51.2 Å². The van der Waals surface area contributed by atoms with Crippen molar-refractivity contribution in [1.29, 1.82) is 0 Å². The fourth-order valence-corrected chi connectivity index (χ4v) is 3.94. The van der Waals surface area contributed by atoms with Gasteiger partial charge in [-0.25, -0.2) is 0 Å². The highest BCUT2D eigenvalue weighted by Crippen LogP contribution is 2.29. The molecule has 1 aromatic heterocycles. The van der Waals surface area contributed by atoms with E-state index in [1.807, 2.05) is 19.9 Å². The van der Waals surface area contributed by atoms with Gasteiger partial charge < -0.3 is 10.0 Å². The first-order valence-electron chi connectivity index (χ1n) is 7.63. The van der Waals surface area contributed by atoms with Gasteiger partial charge >= 0.3 is 5.97 Å². The maximum absolute atomic E-state index is 12.6. The third-order valence-electron chi connectivity index (χ3n) is 3.90. The first-order valence-corrected chi connectivity index (χ1v) is 8.45. The minimum Gasteiger partial charge on any atom is -0.480 e. The number of carboxylic acids is 1. The molecule has 1 N–H and O–H groups in total. The van der Waals surface area contributed by atoms with Gasteiger partial charge in [-0.2, -0.15) is 0 Å². The molecule has 21 heavy (non-hydrogen) atoms. The highest BCUT2D eigenvalue weighted by atomic mass is 32.1. The molecule has 0 radical (unpaired) electrons. The van der Waals surface area contributed by atoms with Gasteiger partial charge in [0.15, 0.2) is 0 Å². The molecule has 0 fully saturated rings. The van der Waals surface area contributed by atoms with Crippen molar-refractivity contribution in [2.75, 3.05) is 6.54 Å². The van der Waals surface area contributed by atoms with Gasteiger partial charge in [0.2, 0.25) is 0 Å². The molecule has 0 spiro atoms. The molecule has 0 saturated carbocycles. The molecule has 1 aliphatic rings. The summed E-state index contributed by atoms with van der Waals surface area (Å²) in [6.45, 7) is 3.47. The molecule has 5 heteroatoms. The van der Waals surface area contributed by atoms with Crippen LogP contribution in [0.25, 0.3) is 0 Å². The number of fused-ring (bicyclic) bond motifs is 1. The summed E-state index contributed by atoms with van der Waals surface area (Å²) in [6.07, 6.45) is 6.98. The number of carboxylic acid groups (broad SMARTS) is 1. The van der Waals surface area contributed by atoms with Crippen LogP contribution in [0.4, 0.5) is 0 Å². The van der Waals surface area contributed by atoms with E-state index in [9.17, 15) is 9.59 Å². The minimum atomic E-state index is -0.966. The lowest BCUT2D eigenvalue weighted by molar-refractivity contribution is -0.138. The van der Waals surface area contributed by atoms with E-state index in [2.05, 4.69) is 0 Å². The van der Waals surface area contributed by atoms with E-state index in [1.54, 1.807) is 11.3 Å². The lowest BCUT2D eigenvalue weighted by Crippen LogP contribution is -2.40. The van der Waals surface area contributed by atoms with Gasteiger partial charge in [-0.15, -0.1) is 11.3 Å².